The van der Waals surface area contributed by atoms with E-state index >= 15 is 0 Å². The highest BCUT2D eigenvalue weighted by atomic mass is 16.8. The van der Waals surface area contributed by atoms with Crippen molar-refractivity contribution in [1.82, 2.24) is 0 Å². The molecule has 0 amide bonds. The summed E-state index contributed by atoms with van der Waals surface area (Å²) in [4.78, 5) is 0. The molecule has 21 N–H and O–H groups in total. The summed E-state index contributed by atoms with van der Waals surface area (Å²) in [6, 6.07) is 0. The molecule has 0 spiro atoms. The fraction of sp³-hybridized carbons (Fsp3) is 1.00. The van der Waals surface area contributed by atoms with Gasteiger partial charge in [-0.1, -0.05) is 0 Å². The van der Waals surface area contributed by atoms with E-state index in [2.05, 4.69) is 0 Å². The minimum atomic E-state index is -2.30. The molecule has 77 heavy (non-hydrogen) atoms. The molecule has 0 saturated carbocycles. The lowest BCUT2D eigenvalue weighted by Crippen LogP contribution is -2.69. The Morgan fingerprint density at radius 3 is 0.662 bits per heavy atom. The van der Waals surface area contributed by atoms with Gasteiger partial charge in [-0.15, -0.1) is 0 Å². The smallest absolute Gasteiger partial charge is 0.187 e. The van der Waals surface area contributed by atoms with E-state index < -0.39 is 261 Å². The lowest BCUT2D eigenvalue weighted by Gasteiger charge is -2.51. The molecule has 35 atom stereocenters. The predicted molar refractivity (Wildman–Crippen MR) is 228 cm³/mol. The first-order valence-electron chi connectivity index (χ1n) is 24.6. The number of hydrogen-bond acceptors (Lipinski definition) is 35. The van der Waals surface area contributed by atoms with E-state index in [1.165, 1.54) is 0 Å². The van der Waals surface area contributed by atoms with Crippen molar-refractivity contribution < 1.29 is 174 Å². The molecule has 0 radical (unpaired) electrons. The SMILES string of the molecule is OC[C@H]1O[C@H](OC[C@H]2O[C@@H]3O[C@H]4[C@H](O)C(O)[C@@H](O[C@H]5[C@H](O)[C@@H](O)[C@@H](O[C@H]6[C@H](O)[C@@H](O)[C@@H](O[C@H]7[C@H](O)[C@@H](O)[C@@H](O[C@H]8[C@H](O)[C@@H](O)[C@@H](O[C@H]2[C@H](O)[C@H]3O)O[C@@H]8CO)O[C@@H]7CO)O[C@@H]6CO)O[C@@H]5CO)O[C@@H]4CO)[C@H](O)[C@@H](O)[C@@H]1O. The topological polar surface area (TPSA) is 554 Å². The summed E-state index contributed by atoms with van der Waals surface area (Å²) >= 11 is 0. The Morgan fingerprint density at radius 1 is 0.208 bits per heavy atom. The van der Waals surface area contributed by atoms with Crippen LogP contribution in [-0.2, 0) is 66.3 Å². The lowest BCUT2D eigenvalue weighted by molar-refractivity contribution is -0.405. The fourth-order valence-electron chi connectivity index (χ4n) is 10.3. The number of aliphatic hydroxyl groups excluding tert-OH is 21. The van der Waals surface area contributed by atoms with Crippen LogP contribution in [0.5, 0.6) is 0 Å². The van der Waals surface area contributed by atoms with Crippen LogP contribution in [0.25, 0.3) is 0 Å². The summed E-state index contributed by atoms with van der Waals surface area (Å²) in [5.74, 6) is 0. The van der Waals surface area contributed by atoms with Gasteiger partial charge in [-0.25, -0.2) is 0 Å². The average Bonchev–Trinajstić information content (AvgIpc) is 3.46. The van der Waals surface area contributed by atoms with Gasteiger partial charge in [0, 0.05) is 0 Å². The van der Waals surface area contributed by atoms with Crippen molar-refractivity contribution in [2.75, 3.05) is 46.2 Å². The van der Waals surface area contributed by atoms with Crippen LogP contribution in [0.15, 0.2) is 0 Å². The largest absolute Gasteiger partial charge is 0.394 e. The summed E-state index contributed by atoms with van der Waals surface area (Å²) < 4.78 is 80.0. The zero-order valence-corrected chi connectivity index (χ0v) is 40.3. The van der Waals surface area contributed by atoms with E-state index in [4.69, 9.17) is 66.3 Å². The molecule has 1 unspecified atom stereocenters. The second-order valence-electron chi connectivity index (χ2n) is 19.7. The van der Waals surface area contributed by atoms with Crippen molar-refractivity contribution in [3.63, 3.8) is 0 Å². The third kappa shape index (κ3) is 12.2. The Hall–Kier alpha value is -1.40. The zero-order valence-electron chi connectivity index (χ0n) is 40.3. The van der Waals surface area contributed by atoms with E-state index in [-0.39, 0.29) is 0 Å². The Labute approximate surface area is 434 Å². The van der Waals surface area contributed by atoms with Crippen molar-refractivity contribution in [1.29, 1.82) is 0 Å². The molecule has 0 aromatic carbocycles. The summed E-state index contributed by atoms with van der Waals surface area (Å²) in [5.41, 5.74) is 0. The van der Waals surface area contributed by atoms with E-state index in [0.717, 1.165) is 0 Å². The molecule has 23 aliphatic rings. The van der Waals surface area contributed by atoms with Crippen LogP contribution < -0.4 is 0 Å². The van der Waals surface area contributed by atoms with Gasteiger partial charge < -0.3 is 174 Å². The minimum absolute atomic E-state index is 0.889. The third-order valence-electron chi connectivity index (χ3n) is 14.8. The second kappa shape index (κ2) is 26.0. The molecule has 23 rings (SSSR count). The molecule has 23 fully saturated rings. The van der Waals surface area contributed by atoms with Crippen LogP contribution in [-0.4, -0.2) is 368 Å². The monoisotopic (exact) mass is 1130 g/mol. The summed E-state index contributed by atoms with van der Waals surface area (Å²) in [6.45, 7) is -7.11. The molecule has 0 aromatic heterocycles. The number of aliphatic hydroxyl groups is 21. The normalized spacial score (nSPS) is 55.2. The Kier molecular flexibility index (Phi) is 20.8. The van der Waals surface area contributed by atoms with Gasteiger partial charge in [0.05, 0.1) is 46.2 Å². The molecule has 23 saturated heterocycles. The maximum atomic E-state index is 11.7. The van der Waals surface area contributed by atoms with Crippen molar-refractivity contribution in [3.05, 3.63) is 0 Å². The van der Waals surface area contributed by atoms with E-state index in [1.807, 2.05) is 0 Å². The first-order valence-corrected chi connectivity index (χ1v) is 24.6. The van der Waals surface area contributed by atoms with Crippen LogP contribution in [0.4, 0.5) is 0 Å². The molecule has 0 aliphatic carbocycles. The van der Waals surface area contributed by atoms with Gasteiger partial charge in [-0.05, 0) is 0 Å². The number of hydrogen-bond donors (Lipinski definition) is 21. The molecular weight excluding hydrogens is 1060 g/mol. The Balaban J connectivity index is 1.11. The molecule has 35 nitrogen and oxygen atoms in total. The van der Waals surface area contributed by atoms with Gasteiger partial charge in [0.25, 0.3) is 0 Å². The van der Waals surface area contributed by atoms with Crippen molar-refractivity contribution in [3.8, 4) is 0 Å². The Bertz CT molecular complexity index is 1820. The van der Waals surface area contributed by atoms with Crippen LogP contribution in [0.2, 0.25) is 0 Å². The van der Waals surface area contributed by atoms with E-state index in [9.17, 15) is 107 Å². The standard InChI is InChI=1S/C42H70O35/c43-1-8-15(49)16(50)23(57)36(65-8)64-7-14-35-22(56)29(63)42(71-14)76-34-13(6-48)69-40(27(61)20(34)54)74-32-11(4-46)67-38(25(59)18(32)52)72-30-9(2-44)66-37(24(58)17(30)51)73-31-10(3-45)68-39(26(60)19(31)53)75-33-12(5-47)70-41(77-35)28(62)21(33)55/h8-63H,1-7H2/t8-,9-,10-,11-,12-,13-,14-,15-,16+,17-,18-,19-,20-,21-,22-,23-,24-,25-,26-,27?,28-,29-,30-,31-,32-,33-,34-,35-,36+,37-,38-,39-,40-,41-,42-/m1/s1. The lowest BCUT2D eigenvalue weighted by atomic mass is 9.94. The molecular formula is C42H70O35. The predicted octanol–water partition coefficient (Wildman–Crippen LogP) is -15.2. The van der Waals surface area contributed by atoms with Gasteiger partial charge in [0.15, 0.2) is 44.0 Å². The van der Waals surface area contributed by atoms with Gasteiger partial charge in [-0.2, -0.15) is 0 Å². The molecule has 35 heteroatoms. The molecule has 23 heterocycles. The Morgan fingerprint density at radius 2 is 0.429 bits per heavy atom. The van der Waals surface area contributed by atoms with Crippen LogP contribution in [0, 0.1) is 0 Å². The van der Waals surface area contributed by atoms with Gasteiger partial charge >= 0.3 is 0 Å². The summed E-state index contributed by atoms with van der Waals surface area (Å²) in [5, 5.41) is 230. The maximum absolute atomic E-state index is 11.7. The number of rotatable bonds is 9. The van der Waals surface area contributed by atoms with Crippen LogP contribution in [0.1, 0.15) is 0 Å². The van der Waals surface area contributed by atoms with E-state index in [1.54, 1.807) is 0 Å². The second-order valence-corrected chi connectivity index (χ2v) is 19.7. The quantitative estimate of drug-likeness (QED) is 0.102. The summed E-state index contributed by atoms with van der Waals surface area (Å²) in [7, 11) is 0. The molecule has 23 aliphatic heterocycles. The minimum Gasteiger partial charge on any atom is -0.394 e. The highest BCUT2D eigenvalue weighted by Crippen LogP contribution is 2.38. The molecule has 448 valence electrons. The first kappa shape index (κ1) is 61.7. The van der Waals surface area contributed by atoms with Gasteiger partial charge in [0.1, 0.15) is 171 Å². The average molecular weight is 1130 g/mol. The number of ether oxygens (including phenoxy) is 14. The van der Waals surface area contributed by atoms with Crippen molar-refractivity contribution >= 4 is 0 Å². The van der Waals surface area contributed by atoms with Crippen molar-refractivity contribution in [2.24, 2.45) is 0 Å². The van der Waals surface area contributed by atoms with Crippen LogP contribution >= 0.6 is 0 Å². The highest BCUT2D eigenvalue weighted by Gasteiger charge is 2.59. The highest BCUT2D eigenvalue weighted by molar-refractivity contribution is 5.01. The molecule has 0 aromatic rings. The first-order chi connectivity index (χ1) is 36.6. The van der Waals surface area contributed by atoms with E-state index in [0.29, 0.717) is 0 Å². The van der Waals surface area contributed by atoms with Gasteiger partial charge in [0.2, 0.25) is 0 Å². The van der Waals surface area contributed by atoms with Gasteiger partial charge in [-0.3, -0.25) is 0 Å². The zero-order chi connectivity index (χ0) is 56.1. The maximum Gasteiger partial charge on any atom is 0.187 e. The fourth-order valence-corrected chi connectivity index (χ4v) is 10.3. The van der Waals surface area contributed by atoms with Crippen LogP contribution in [0.3, 0.4) is 0 Å². The van der Waals surface area contributed by atoms with Crippen molar-refractivity contribution in [2.45, 2.75) is 215 Å². The third-order valence-corrected chi connectivity index (χ3v) is 14.8. The molecule has 12 bridgehead atoms. The summed E-state index contributed by atoms with van der Waals surface area (Å²) in [6.07, 6.45) is -70.4.